The van der Waals surface area contributed by atoms with Gasteiger partial charge in [-0.15, -0.1) is 0 Å². The lowest BCUT2D eigenvalue weighted by Crippen LogP contribution is -2.41. The maximum atomic E-state index is 11.5. The smallest absolute Gasteiger partial charge is 0.402 e. The number of rotatable bonds is 3. The van der Waals surface area contributed by atoms with Crippen LogP contribution in [0.4, 0.5) is 0 Å². The summed E-state index contributed by atoms with van der Waals surface area (Å²) in [7, 11) is -3.76. The maximum absolute atomic E-state index is 11.5. The van der Waals surface area contributed by atoms with Gasteiger partial charge in [0.05, 0.1) is 22.0 Å². The molecule has 1 aliphatic heterocycles. The Bertz CT molecular complexity index is 609. The van der Waals surface area contributed by atoms with Gasteiger partial charge in [0.25, 0.3) is 0 Å². The number of hydrogen-bond donors (Lipinski definition) is 1. The molecular formula is C14H22BNO4S. The molecule has 0 spiro atoms. The van der Waals surface area contributed by atoms with Gasteiger partial charge in [0.15, 0.2) is 9.84 Å². The maximum Gasteiger partial charge on any atom is 0.480 e. The zero-order valence-electron chi connectivity index (χ0n) is 13.1. The molecule has 1 aliphatic rings. The van der Waals surface area contributed by atoms with Gasteiger partial charge in [0.2, 0.25) is 0 Å². The molecule has 0 aromatic heterocycles. The van der Waals surface area contributed by atoms with E-state index >= 15 is 0 Å². The molecule has 1 atom stereocenters. The molecule has 116 valence electrons. The minimum absolute atomic E-state index is 0.271. The van der Waals surface area contributed by atoms with Crippen molar-refractivity contribution in [1.29, 1.82) is 0 Å². The van der Waals surface area contributed by atoms with Crippen molar-refractivity contribution in [2.45, 2.75) is 49.7 Å². The van der Waals surface area contributed by atoms with E-state index in [1.165, 1.54) is 6.26 Å². The summed E-state index contributed by atoms with van der Waals surface area (Å²) in [5.74, 6) is -0.473. The molecule has 1 saturated heterocycles. The van der Waals surface area contributed by atoms with E-state index in [0.29, 0.717) is 0 Å². The first-order chi connectivity index (χ1) is 9.44. The van der Waals surface area contributed by atoms with E-state index in [9.17, 15) is 8.42 Å². The predicted molar refractivity (Wildman–Crippen MR) is 82.6 cm³/mol. The average Bonchev–Trinajstić information content (AvgIpc) is 2.57. The monoisotopic (exact) mass is 311 g/mol. The highest BCUT2D eigenvalue weighted by molar-refractivity contribution is 7.90. The molecule has 0 amide bonds. The fraction of sp³-hybridized carbons (Fsp3) is 0.571. The lowest BCUT2D eigenvalue weighted by Gasteiger charge is -2.32. The highest BCUT2D eigenvalue weighted by atomic mass is 32.2. The van der Waals surface area contributed by atoms with E-state index in [4.69, 9.17) is 15.0 Å². The molecule has 0 aliphatic carbocycles. The highest BCUT2D eigenvalue weighted by Gasteiger charge is 2.53. The van der Waals surface area contributed by atoms with E-state index in [1.54, 1.807) is 24.3 Å². The Morgan fingerprint density at radius 1 is 1.05 bits per heavy atom. The Labute approximate surface area is 126 Å². The molecule has 7 heteroatoms. The summed E-state index contributed by atoms with van der Waals surface area (Å²) in [6.45, 7) is 7.86. The van der Waals surface area contributed by atoms with Crippen molar-refractivity contribution in [2.24, 2.45) is 5.73 Å². The molecule has 1 heterocycles. The minimum atomic E-state index is -3.20. The first-order valence-electron chi connectivity index (χ1n) is 6.85. The highest BCUT2D eigenvalue weighted by Crippen LogP contribution is 2.39. The number of benzene rings is 1. The van der Waals surface area contributed by atoms with Gasteiger partial charge in [0.1, 0.15) is 0 Å². The summed E-state index contributed by atoms with van der Waals surface area (Å²) < 4.78 is 34.7. The molecule has 1 aromatic carbocycles. The molecule has 0 bridgehead atoms. The number of hydrogen-bond acceptors (Lipinski definition) is 5. The second kappa shape index (κ2) is 5.09. The van der Waals surface area contributed by atoms with Crippen molar-refractivity contribution in [1.82, 2.24) is 0 Å². The van der Waals surface area contributed by atoms with Gasteiger partial charge in [-0.2, -0.15) is 0 Å². The summed E-state index contributed by atoms with van der Waals surface area (Å²) in [6, 6.07) is 6.50. The predicted octanol–water partition coefficient (Wildman–Crippen LogP) is 1.72. The van der Waals surface area contributed by atoms with Crippen LogP contribution in [0.2, 0.25) is 0 Å². The van der Waals surface area contributed by atoms with Gasteiger partial charge in [0, 0.05) is 6.26 Å². The van der Waals surface area contributed by atoms with Crippen LogP contribution in [0.25, 0.3) is 0 Å². The van der Waals surface area contributed by atoms with Crippen molar-refractivity contribution in [3.8, 4) is 0 Å². The zero-order valence-corrected chi connectivity index (χ0v) is 13.9. The van der Waals surface area contributed by atoms with Crippen molar-refractivity contribution in [2.75, 3.05) is 6.26 Å². The second-order valence-corrected chi connectivity index (χ2v) is 8.51. The van der Waals surface area contributed by atoms with Gasteiger partial charge in [-0.05, 0) is 45.4 Å². The molecule has 2 rings (SSSR count). The van der Waals surface area contributed by atoms with Crippen molar-refractivity contribution < 1.29 is 17.7 Å². The Kier molecular flexibility index (Phi) is 3.99. The quantitative estimate of drug-likeness (QED) is 0.860. The van der Waals surface area contributed by atoms with E-state index in [1.807, 2.05) is 27.7 Å². The topological polar surface area (TPSA) is 78.6 Å². The van der Waals surface area contributed by atoms with E-state index in [0.717, 1.165) is 5.56 Å². The molecule has 21 heavy (non-hydrogen) atoms. The first-order valence-corrected chi connectivity index (χ1v) is 8.74. The van der Waals surface area contributed by atoms with Gasteiger partial charge in [-0.3, -0.25) is 0 Å². The molecule has 1 fully saturated rings. The zero-order chi connectivity index (χ0) is 16.1. The van der Waals surface area contributed by atoms with Crippen LogP contribution in [0.3, 0.4) is 0 Å². The Morgan fingerprint density at radius 3 is 1.86 bits per heavy atom. The van der Waals surface area contributed by atoms with Crippen LogP contribution in [0.15, 0.2) is 29.2 Å². The van der Waals surface area contributed by atoms with Crippen LogP contribution in [0, 0.1) is 0 Å². The fourth-order valence-corrected chi connectivity index (χ4v) is 2.76. The second-order valence-electron chi connectivity index (χ2n) is 6.49. The van der Waals surface area contributed by atoms with Crippen LogP contribution < -0.4 is 5.73 Å². The molecule has 5 nitrogen and oxygen atoms in total. The van der Waals surface area contributed by atoms with Crippen molar-refractivity contribution in [3.63, 3.8) is 0 Å². The summed E-state index contributed by atoms with van der Waals surface area (Å²) in [5, 5.41) is 0. The first kappa shape index (κ1) is 16.5. The fourth-order valence-electron chi connectivity index (χ4n) is 2.13. The van der Waals surface area contributed by atoms with E-state index < -0.39 is 34.1 Å². The molecule has 2 N–H and O–H groups in total. The molecule has 0 unspecified atom stereocenters. The van der Waals surface area contributed by atoms with Crippen LogP contribution in [0.5, 0.6) is 0 Å². The van der Waals surface area contributed by atoms with Crippen molar-refractivity contribution in [3.05, 3.63) is 29.8 Å². The minimum Gasteiger partial charge on any atom is -0.402 e. The summed E-state index contributed by atoms with van der Waals surface area (Å²) >= 11 is 0. The van der Waals surface area contributed by atoms with E-state index in [-0.39, 0.29) is 4.90 Å². The Morgan fingerprint density at radius 2 is 1.48 bits per heavy atom. The number of sulfone groups is 1. The average molecular weight is 311 g/mol. The Balaban J connectivity index is 2.20. The normalized spacial score (nSPS) is 22.3. The lowest BCUT2D eigenvalue weighted by molar-refractivity contribution is 0.00578. The van der Waals surface area contributed by atoms with Gasteiger partial charge in [-0.25, -0.2) is 8.42 Å². The van der Waals surface area contributed by atoms with Crippen LogP contribution >= 0.6 is 0 Å². The largest absolute Gasteiger partial charge is 0.480 e. The van der Waals surface area contributed by atoms with Gasteiger partial charge in [-0.1, -0.05) is 12.1 Å². The van der Waals surface area contributed by atoms with Crippen molar-refractivity contribution >= 4 is 17.0 Å². The third kappa shape index (κ3) is 3.16. The lowest BCUT2D eigenvalue weighted by atomic mass is 9.75. The molecular weight excluding hydrogens is 289 g/mol. The molecule has 0 radical (unpaired) electrons. The number of nitrogens with two attached hydrogens (primary N) is 1. The third-order valence-electron chi connectivity index (χ3n) is 4.26. The third-order valence-corrected chi connectivity index (χ3v) is 5.39. The summed E-state index contributed by atoms with van der Waals surface area (Å²) in [5.41, 5.74) is 6.10. The van der Waals surface area contributed by atoms with Crippen LogP contribution in [-0.2, 0) is 19.1 Å². The van der Waals surface area contributed by atoms with Gasteiger partial charge >= 0.3 is 7.12 Å². The van der Waals surface area contributed by atoms with Gasteiger partial charge < -0.3 is 15.0 Å². The summed E-state index contributed by atoms with van der Waals surface area (Å²) in [4.78, 5) is 0.271. The SMILES string of the molecule is CC1(C)OB([C@H](N)c2ccc(S(C)(=O)=O)cc2)OC1(C)C. The van der Waals surface area contributed by atoms with Crippen LogP contribution in [0.1, 0.15) is 39.2 Å². The van der Waals surface area contributed by atoms with E-state index in [2.05, 4.69) is 0 Å². The van der Waals surface area contributed by atoms with Crippen LogP contribution in [-0.4, -0.2) is 33.0 Å². The Hall–Kier alpha value is -0.885. The standard InChI is InChI=1S/C14H22BNO4S/c1-13(2)14(3,4)20-15(19-13)12(16)10-6-8-11(9-7-10)21(5,17)18/h6-9,12H,16H2,1-5H3/t12-/m1/s1. The summed E-state index contributed by atoms with van der Waals surface area (Å²) in [6.07, 6.45) is 1.18. The molecule has 1 aromatic rings. The molecule has 0 saturated carbocycles.